The standard InChI is InChI=1S/C14H29NO2/c1-5-13(4)14(16)15-10-8-6-7-9-11-17-12(2)3/h12-13H,5-11H2,1-4H3,(H,15,16). The van der Waals surface area contributed by atoms with Gasteiger partial charge in [0.15, 0.2) is 0 Å². The zero-order valence-electron chi connectivity index (χ0n) is 11.9. The lowest BCUT2D eigenvalue weighted by molar-refractivity contribution is -0.124. The number of hydrogen-bond acceptors (Lipinski definition) is 2. The minimum absolute atomic E-state index is 0.148. The minimum Gasteiger partial charge on any atom is -0.379 e. The molecule has 1 unspecified atom stereocenters. The number of hydrogen-bond donors (Lipinski definition) is 1. The summed E-state index contributed by atoms with van der Waals surface area (Å²) in [5.74, 6) is 0.338. The van der Waals surface area contributed by atoms with Gasteiger partial charge >= 0.3 is 0 Å². The van der Waals surface area contributed by atoms with Crippen LogP contribution in [0.2, 0.25) is 0 Å². The van der Waals surface area contributed by atoms with Crippen molar-refractivity contribution in [3.63, 3.8) is 0 Å². The summed E-state index contributed by atoms with van der Waals surface area (Å²) < 4.78 is 5.46. The van der Waals surface area contributed by atoms with Crippen molar-refractivity contribution in [2.75, 3.05) is 13.2 Å². The summed E-state index contributed by atoms with van der Waals surface area (Å²) in [6.45, 7) is 9.80. The average molecular weight is 243 g/mol. The van der Waals surface area contributed by atoms with Crippen molar-refractivity contribution in [3.8, 4) is 0 Å². The van der Waals surface area contributed by atoms with Crippen LogP contribution in [0.25, 0.3) is 0 Å². The molecule has 0 heterocycles. The van der Waals surface area contributed by atoms with Crippen LogP contribution in [0.4, 0.5) is 0 Å². The highest BCUT2D eigenvalue weighted by Gasteiger charge is 2.08. The number of unbranched alkanes of at least 4 members (excludes halogenated alkanes) is 3. The first-order chi connectivity index (χ1) is 8.07. The van der Waals surface area contributed by atoms with E-state index in [1.165, 1.54) is 12.8 Å². The van der Waals surface area contributed by atoms with Crippen molar-refractivity contribution < 1.29 is 9.53 Å². The molecule has 0 radical (unpaired) electrons. The molecule has 3 heteroatoms. The second kappa shape index (κ2) is 10.6. The Morgan fingerprint density at radius 2 is 1.76 bits per heavy atom. The molecular formula is C14H29NO2. The molecule has 0 fully saturated rings. The lowest BCUT2D eigenvalue weighted by Gasteiger charge is -2.10. The fourth-order valence-electron chi connectivity index (χ4n) is 1.47. The number of ether oxygens (including phenoxy) is 1. The average Bonchev–Trinajstić information content (AvgIpc) is 2.30. The molecule has 1 atom stereocenters. The van der Waals surface area contributed by atoms with Crippen LogP contribution in [0.1, 0.15) is 59.8 Å². The summed E-state index contributed by atoms with van der Waals surface area (Å²) >= 11 is 0. The van der Waals surface area contributed by atoms with E-state index in [9.17, 15) is 4.79 Å². The van der Waals surface area contributed by atoms with E-state index in [1.54, 1.807) is 0 Å². The highest BCUT2D eigenvalue weighted by molar-refractivity contribution is 5.78. The van der Waals surface area contributed by atoms with E-state index in [4.69, 9.17) is 4.74 Å². The molecule has 0 saturated heterocycles. The Morgan fingerprint density at radius 1 is 1.12 bits per heavy atom. The molecule has 0 rings (SSSR count). The minimum atomic E-state index is 0.148. The molecule has 0 aromatic heterocycles. The third-order valence-electron chi connectivity index (χ3n) is 2.88. The highest BCUT2D eigenvalue weighted by atomic mass is 16.5. The normalized spacial score (nSPS) is 12.8. The van der Waals surface area contributed by atoms with Gasteiger partial charge in [0.1, 0.15) is 0 Å². The SMILES string of the molecule is CCC(C)C(=O)NCCCCCCOC(C)C. The maximum absolute atomic E-state index is 11.5. The van der Waals surface area contributed by atoms with E-state index < -0.39 is 0 Å². The number of carbonyl (C=O) groups excluding carboxylic acids is 1. The molecule has 0 aromatic rings. The first kappa shape index (κ1) is 16.4. The second-order valence-electron chi connectivity index (χ2n) is 4.93. The van der Waals surface area contributed by atoms with Crippen molar-refractivity contribution in [3.05, 3.63) is 0 Å². The zero-order chi connectivity index (χ0) is 13.1. The summed E-state index contributed by atoms with van der Waals surface area (Å²) in [5, 5.41) is 2.97. The molecule has 102 valence electrons. The van der Waals surface area contributed by atoms with E-state index in [0.29, 0.717) is 6.10 Å². The molecule has 1 N–H and O–H groups in total. The van der Waals surface area contributed by atoms with Crippen LogP contribution in [0.15, 0.2) is 0 Å². The number of rotatable bonds is 10. The van der Waals surface area contributed by atoms with E-state index in [2.05, 4.69) is 19.2 Å². The van der Waals surface area contributed by atoms with E-state index in [-0.39, 0.29) is 11.8 Å². The first-order valence-corrected chi connectivity index (χ1v) is 6.97. The lowest BCUT2D eigenvalue weighted by Crippen LogP contribution is -2.29. The third-order valence-corrected chi connectivity index (χ3v) is 2.88. The zero-order valence-corrected chi connectivity index (χ0v) is 11.9. The topological polar surface area (TPSA) is 38.3 Å². The van der Waals surface area contributed by atoms with Gasteiger partial charge in [-0.3, -0.25) is 4.79 Å². The summed E-state index contributed by atoms with van der Waals surface area (Å²) in [4.78, 5) is 11.5. The Balaban J connectivity index is 3.21. The molecule has 17 heavy (non-hydrogen) atoms. The molecule has 0 aliphatic carbocycles. The fraction of sp³-hybridized carbons (Fsp3) is 0.929. The smallest absolute Gasteiger partial charge is 0.222 e. The summed E-state index contributed by atoms with van der Waals surface area (Å²) in [6, 6.07) is 0. The molecule has 0 saturated carbocycles. The van der Waals surface area contributed by atoms with Crippen molar-refractivity contribution in [2.45, 2.75) is 65.9 Å². The molecule has 0 aliphatic heterocycles. The Hall–Kier alpha value is -0.570. The van der Waals surface area contributed by atoms with Gasteiger partial charge in [0.25, 0.3) is 0 Å². The van der Waals surface area contributed by atoms with Gasteiger partial charge in [0, 0.05) is 19.1 Å². The summed E-state index contributed by atoms with van der Waals surface area (Å²) in [6.07, 6.45) is 5.80. The maximum atomic E-state index is 11.5. The molecule has 0 spiro atoms. The van der Waals surface area contributed by atoms with Crippen molar-refractivity contribution in [1.29, 1.82) is 0 Å². The maximum Gasteiger partial charge on any atom is 0.222 e. The number of amides is 1. The summed E-state index contributed by atoms with van der Waals surface area (Å²) in [5.41, 5.74) is 0. The quantitative estimate of drug-likeness (QED) is 0.599. The lowest BCUT2D eigenvalue weighted by atomic mass is 10.1. The van der Waals surface area contributed by atoms with Crippen LogP contribution in [-0.4, -0.2) is 25.2 Å². The van der Waals surface area contributed by atoms with Crippen molar-refractivity contribution >= 4 is 5.91 Å². The van der Waals surface area contributed by atoms with Gasteiger partial charge in [-0.2, -0.15) is 0 Å². The molecule has 3 nitrogen and oxygen atoms in total. The van der Waals surface area contributed by atoms with Crippen LogP contribution in [-0.2, 0) is 9.53 Å². The number of carbonyl (C=O) groups is 1. The Labute approximate surface area is 106 Å². The third kappa shape index (κ3) is 10.3. The largest absolute Gasteiger partial charge is 0.379 e. The van der Waals surface area contributed by atoms with Gasteiger partial charge < -0.3 is 10.1 Å². The predicted molar refractivity (Wildman–Crippen MR) is 72.0 cm³/mol. The molecule has 0 aromatic carbocycles. The van der Waals surface area contributed by atoms with Crippen LogP contribution < -0.4 is 5.32 Å². The van der Waals surface area contributed by atoms with Crippen LogP contribution in [0, 0.1) is 5.92 Å². The molecular weight excluding hydrogens is 214 g/mol. The van der Waals surface area contributed by atoms with Crippen molar-refractivity contribution in [2.24, 2.45) is 5.92 Å². The van der Waals surface area contributed by atoms with E-state index in [1.807, 2.05) is 13.8 Å². The molecule has 0 bridgehead atoms. The molecule has 1 amide bonds. The highest BCUT2D eigenvalue weighted by Crippen LogP contribution is 2.02. The second-order valence-corrected chi connectivity index (χ2v) is 4.93. The predicted octanol–water partition coefficient (Wildman–Crippen LogP) is 3.13. The van der Waals surface area contributed by atoms with Gasteiger partial charge in [-0.15, -0.1) is 0 Å². The van der Waals surface area contributed by atoms with Gasteiger partial charge in [-0.25, -0.2) is 0 Å². The molecule has 0 aliphatic rings. The van der Waals surface area contributed by atoms with E-state index >= 15 is 0 Å². The van der Waals surface area contributed by atoms with E-state index in [0.717, 1.165) is 32.4 Å². The van der Waals surface area contributed by atoms with Crippen LogP contribution in [0.3, 0.4) is 0 Å². The fourth-order valence-corrected chi connectivity index (χ4v) is 1.47. The monoisotopic (exact) mass is 243 g/mol. The van der Waals surface area contributed by atoms with Crippen LogP contribution in [0.5, 0.6) is 0 Å². The first-order valence-electron chi connectivity index (χ1n) is 6.97. The summed E-state index contributed by atoms with van der Waals surface area (Å²) in [7, 11) is 0. The van der Waals surface area contributed by atoms with Crippen molar-refractivity contribution in [1.82, 2.24) is 5.32 Å². The number of nitrogens with one attached hydrogen (secondary N) is 1. The van der Waals surface area contributed by atoms with Gasteiger partial charge in [-0.1, -0.05) is 26.7 Å². The van der Waals surface area contributed by atoms with Crippen LogP contribution >= 0.6 is 0 Å². The van der Waals surface area contributed by atoms with Gasteiger partial charge in [-0.05, 0) is 33.1 Å². The van der Waals surface area contributed by atoms with Gasteiger partial charge in [0.05, 0.1) is 6.10 Å². The Kier molecular flexibility index (Phi) is 10.2. The van der Waals surface area contributed by atoms with Gasteiger partial charge in [0.2, 0.25) is 5.91 Å². The Bertz CT molecular complexity index is 193. The Morgan fingerprint density at radius 3 is 2.35 bits per heavy atom.